The highest BCUT2D eigenvalue weighted by atomic mass is 79.9. The van der Waals surface area contributed by atoms with Crippen LogP contribution in [0.2, 0.25) is 0 Å². The van der Waals surface area contributed by atoms with Crippen LogP contribution in [-0.4, -0.2) is 25.3 Å². The normalized spacial score (nSPS) is 14.0. The number of carbonyl (C=O) groups excluding carboxylic acids is 2. The molecule has 1 aliphatic rings. The number of halogens is 1. The van der Waals surface area contributed by atoms with Crippen LogP contribution in [-0.2, 0) is 4.79 Å². The molecule has 5 heteroatoms. The van der Waals surface area contributed by atoms with Crippen LogP contribution in [0.4, 0.5) is 0 Å². The van der Waals surface area contributed by atoms with Gasteiger partial charge in [-0.25, -0.2) is 0 Å². The Labute approximate surface area is 120 Å². The minimum atomic E-state index is -0.147. The van der Waals surface area contributed by atoms with E-state index in [1.807, 2.05) is 13.0 Å². The fourth-order valence-electron chi connectivity index (χ4n) is 1.81. The molecule has 1 aromatic carbocycles. The summed E-state index contributed by atoms with van der Waals surface area (Å²) >= 11 is 3.32. The highest BCUT2D eigenvalue weighted by Gasteiger charge is 2.21. The van der Waals surface area contributed by atoms with Gasteiger partial charge in [0.25, 0.3) is 5.91 Å². The third-order valence-electron chi connectivity index (χ3n) is 3.03. The molecule has 0 radical (unpaired) electrons. The molecule has 0 unspecified atom stereocenters. The highest BCUT2D eigenvalue weighted by Crippen LogP contribution is 2.28. The van der Waals surface area contributed by atoms with Crippen LogP contribution in [0, 0.1) is 12.8 Å². The second-order valence-electron chi connectivity index (χ2n) is 4.80. The van der Waals surface area contributed by atoms with E-state index in [1.165, 1.54) is 12.8 Å². The van der Waals surface area contributed by atoms with Gasteiger partial charge >= 0.3 is 0 Å². The van der Waals surface area contributed by atoms with Crippen molar-refractivity contribution in [2.45, 2.75) is 19.8 Å². The molecular weight excluding hydrogens is 310 g/mol. The van der Waals surface area contributed by atoms with Crippen LogP contribution in [0.5, 0.6) is 5.75 Å². The molecule has 1 amide bonds. The average molecular weight is 326 g/mol. The Kier molecular flexibility index (Phi) is 4.58. The van der Waals surface area contributed by atoms with Crippen molar-refractivity contribution in [1.82, 2.24) is 5.32 Å². The number of hydrogen-bond donors (Lipinski definition) is 1. The van der Waals surface area contributed by atoms with Crippen molar-refractivity contribution < 1.29 is 14.3 Å². The summed E-state index contributed by atoms with van der Waals surface area (Å²) in [5.74, 6) is 0.967. The standard InChI is InChI=1S/C14H16BrNO3/c1-9-4-12(15)5-11(7-17)14(9)19-8-13(18)16-6-10-2-3-10/h4-5,7,10H,2-3,6,8H2,1H3,(H,16,18). The van der Waals surface area contributed by atoms with Gasteiger partial charge in [-0.3, -0.25) is 9.59 Å². The summed E-state index contributed by atoms with van der Waals surface area (Å²) in [4.78, 5) is 22.6. The molecule has 2 rings (SSSR count). The topological polar surface area (TPSA) is 55.4 Å². The number of aryl methyl sites for hydroxylation is 1. The van der Waals surface area contributed by atoms with Crippen molar-refractivity contribution in [3.8, 4) is 5.75 Å². The molecule has 0 saturated heterocycles. The smallest absolute Gasteiger partial charge is 0.257 e. The zero-order chi connectivity index (χ0) is 13.8. The first kappa shape index (κ1) is 14.1. The monoisotopic (exact) mass is 325 g/mol. The highest BCUT2D eigenvalue weighted by molar-refractivity contribution is 9.10. The number of rotatable bonds is 6. The van der Waals surface area contributed by atoms with Crippen LogP contribution < -0.4 is 10.1 Å². The number of amides is 1. The lowest BCUT2D eigenvalue weighted by Gasteiger charge is -2.12. The summed E-state index contributed by atoms with van der Waals surface area (Å²) in [5, 5.41) is 2.82. The number of carbonyl (C=O) groups is 2. The minimum Gasteiger partial charge on any atom is -0.483 e. The van der Waals surface area contributed by atoms with E-state index in [0.29, 0.717) is 17.2 Å². The van der Waals surface area contributed by atoms with E-state index in [9.17, 15) is 9.59 Å². The quantitative estimate of drug-likeness (QED) is 0.817. The van der Waals surface area contributed by atoms with Gasteiger partial charge in [0, 0.05) is 11.0 Å². The van der Waals surface area contributed by atoms with E-state index in [2.05, 4.69) is 21.2 Å². The molecule has 0 spiro atoms. The summed E-state index contributed by atoms with van der Waals surface area (Å²) in [7, 11) is 0. The fourth-order valence-corrected chi connectivity index (χ4v) is 2.40. The third kappa shape index (κ3) is 4.06. The van der Waals surface area contributed by atoms with Crippen LogP contribution >= 0.6 is 15.9 Å². The Hall–Kier alpha value is -1.36. The summed E-state index contributed by atoms with van der Waals surface area (Å²) in [6.07, 6.45) is 3.12. The molecule has 1 saturated carbocycles. The average Bonchev–Trinajstić information content (AvgIpc) is 3.18. The predicted octanol–water partition coefficient (Wildman–Crippen LogP) is 2.48. The first-order valence-corrected chi connectivity index (χ1v) is 7.04. The molecule has 1 N–H and O–H groups in total. The molecule has 1 fully saturated rings. The lowest BCUT2D eigenvalue weighted by molar-refractivity contribution is -0.123. The van der Waals surface area contributed by atoms with Crippen molar-refractivity contribution in [1.29, 1.82) is 0 Å². The molecule has 1 aliphatic carbocycles. The van der Waals surface area contributed by atoms with Crippen molar-refractivity contribution in [2.75, 3.05) is 13.2 Å². The summed E-state index contributed by atoms with van der Waals surface area (Å²) in [5.41, 5.74) is 1.27. The van der Waals surface area contributed by atoms with Gasteiger partial charge in [0.1, 0.15) is 5.75 Å². The van der Waals surface area contributed by atoms with Gasteiger partial charge in [-0.05, 0) is 43.4 Å². The molecule has 19 heavy (non-hydrogen) atoms. The maximum Gasteiger partial charge on any atom is 0.257 e. The van der Waals surface area contributed by atoms with Crippen LogP contribution in [0.1, 0.15) is 28.8 Å². The molecule has 0 aliphatic heterocycles. The lowest BCUT2D eigenvalue weighted by atomic mass is 10.1. The van der Waals surface area contributed by atoms with Crippen molar-refractivity contribution in [3.63, 3.8) is 0 Å². The first-order chi connectivity index (χ1) is 9.10. The van der Waals surface area contributed by atoms with Gasteiger partial charge in [0.05, 0.1) is 5.56 Å². The van der Waals surface area contributed by atoms with E-state index < -0.39 is 0 Å². The molecular formula is C14H16BrNO3. The molecule has 1 aromatic rings. The zero-order valence-electron chi connectivity index (χ0n) is 10.7. The second kappa shape index (κ2) is 6.19. The van der Waals surface area contributed by atoms with E-state index in [-0.39, 0.29) is 12.5 Å². The third-order valence-corrected chi connectivity index (χ3v) is 3.49. The number of benzene rings is 1. The minimum absolute atomic E-state index is 0.0595. The Morgan fingerprint density at radius 2 is 2.26 bits per heavy atom. The van der Waals surface area contributed by atoms with E-state index in [1.54, 1.807) is 6.07 Å². The molecule has 0 heterocycles. The maximum atomic E-state index is 11.6. The Morgan fingerprint density at radius 1 is 1.53 bits per heavy atom. The number of ether oxygens (including phenoxy) is 1. The van der Waals surface area contributed by atoms with E-state index >= 15 is 0 Å². The fraction of sp³-hybridized carbons (Fsp3) is 0.429. The molecule has 0 bridgehead atoms. The van der Waals surface area contributed by atoms with Gasteiger partial charge in [-0.15, -0.1) is 0 Å². The Bertz CT molecular complexity index is 498. The van der Waals surface area contributed by atoms with E-state index in [4.69, 9.17) is 4.74 Å². The van der Waals surface area contributed by atoms with Crippen LogP contribution in [0.15, 0.2) is 16.6 Å². The molecule has 102 valence electrons. The van der Waals surface area contributed by atoms with Gasteiger partial charge in [-0.2, -0.15) is 0 Å². The van der Waals surface area contributed by atoms with E-state index in [0.717, 1.165) is 22.9 Å². The maximum absolute atomic E-state index is 11.6. The predicted molar refractivity (Wildman–Crippen MR) is 75.5 cm³/mol. The van der Waals surface area contributed by atoms with Crippen molar-refractivity contribution in [2.24, 2.45) is 5.92 Å². The van der Waals surface area contributed by atoms with Crippen molar-refractivity contribution >= 4 is 28.1 Å². The van der Waals surface area contributed by atoms with Crippen molar-refractivity contribution in [3.05, 3.63) is 27.7 Å². The van der Waals surface area contributed by atoms with Gasteiger partial charge in [0.2, 0.25) is 0 Å². The zero-order valence-corrected chi connectivity index (χ0v) is 12.3. The largest absolute Gasteiger partial charge is 0.483 e. The Balaban J connectivity index is 1.94. The second-order valence-corrected chi connectivity index (χ2v) is 5.71. The molecule has 0 atom stereocenters. The first-order valence-electron chi connectivity index (χ1n) is 6.25. The van der Waals surface area contributed by atoms with Gasteiger partial charge in [-0.1, -0.05) is 15.9 Å². The summed E-state index contributed by atoms with van der Waals surface area (Å²) in [6.45, 7) is 2.51. The summed E-state index contributed by atoms with van der Waals surface area (Å²) in [6, 6.07) is 3.53. The molecule has 4 nitrogen and oxygen atoms in total. The van der Waals surface area contributed by atoms with Crippen LogP contribution in [0.3, 0.4) is 0 Å². The van der Waals surface area contributed by atoms with Gasteiger partial charge < -0.3 is 10.1 Å². The van der Waals surface area contributed by atoms with Gasteiger partial charge in [0.15, 0.2) is 12.9 Å². The number of aldehydes is 1. The number of hydrogen-bond acceptors (Lipinski definition) is 3. The Morgan fingerprint density at radius 3 is 2.89 bits per heavy atom. The lowest BCUT2D eigenvalue weighted by Crippen LogP contribution is -2.30. The molecule has 0 aromatic heterocycles. The van der Waals surface area contributed by atoms with Crippen LogP contribution in [0.25, 0.3) is 0 Å². The summed E-state index contributed by atoms with van der Waals surface area (Å²) < 4.78 is 6.28. The SMILES string of the molecule is Cc1cc(Br)cc(C=O)c1OCC(=O)NCC1CC1. The number of nitrogens with one attached hydrogen (secondary N) is 1.